The number of hydrogen-bond donors (Lipinski definition) is 1. The molecule has 1 aliphatic rings. The van der Waals surface area contributed by atoms with Gasteiger partial charge in [0.1, 0.15) is 5.15 Å². The molecule has 0 aliphatic carbocycles. The van der Waals surface area contributed by atoms with Gasteiger partial charge in [-0.25, -0.2) is 4.98 Å². The molecule has 6 heteroatoms. The Morgan fingerprint density at radius 3 is 2.94 bits per heavy atom. The van der Waals surface area contributed by atoms with E-state index < -0.39 is 11.9 Å². The monoisotopic (exact) mass is 254 g/mol. The fourth-order valence-electron chi connectivity index (χ4n) is 1.82. The van der Waals surface area contributed by atoms with Crippen molar-refractivity contribution in [2.45, 2.75) is 13.0 Å². The lowest BCUT2D eigenvalue weighted by Gasteiger charge is -2.15. The largest absolute Gasteiger partial charge is 0.481 e. The number of carbonyl (C=O) groups is 2. The van der Waals surface area contributed by atoms with Gasteiger partial charge in [0.2, 0.25) is 5.91 Å². The fraction of sp³-hybridized carbons (Fsp3) is 0.364. The number of likely N-dealkylation sites (tertiary alicyclic amines) is 1. The smallest absolute Gasteiger partial charge is 0.308 e. The summed E-state index contributed by atoms with van der Waals surface area (Å²) < 4.78 is 0. The van der Waals surface area contributed by atoms with E-state index in [1.165, 1.54) is 4.90 Å². The van der Waals surface area contributed by atoms with Crippen LogP contribution < -0.4 is 0 Å². The number of hydrogen-bond acceptors (Lipinski definition) is 3. The first-order valence-electron chi connectivity index (χ1n) is 5.18. The molecule has 0 saturated carbocycles. The predicted octanol–water partition coefficient (Wildman–Crippen LogP) is 1.17. The number of carboxylic acid groups (broad SMARTS) is 1. The normalized spacial score (nSPS) is 19.7. The molecule has 1 aromatic rings. The van der Waals surface area contributed by atoms with Crippen LogP contribution in [0, 0.1) is 5.92 Å². The molecule has 1 aromatic heterocycles. The van der Waals surface area contributed by atoms with Crippen LogP contribution in [0.25, 0.3) is 0 Å². The zero-order chi connectivity index (χ0) is 12.4. The van der Waals surface area contributed by atoms with E-state index in [2.05, 4.69) is 4.98 Å². The Kier molecular flexibility index (Phi) is 3.28. The molecule has 1 unspecified atom stereocenters. The molecule has 1 saturated heterocycles. The second kappa shape index (κ2) is 4.71. The Hall–Kier alpha value is -1.62. The molecular formula is C11H11ClN2O3. The summed E-state index contributed by atoms with van der Waals surface area (Å²) >= 11 is 5.74. The number of aliphatic carboxylic acids is 1. The van der Waals surface area contributed by atoms with E-state index in [0.29, 0.717) is 17.4 Å². The molecule has 5 nitrogen and oxygen atoms in total. The standard InChI is InChI=1S/C11H11ClN2O3/c12-9-3-1-2-8(13-9)6-14-5-7(11(16)17)4-10(14)15/h1-3,7H,4-6H2,(H,16,17). The highest BCUT2D eigenvalue weighted by Gasteiger charge is 2.34. The van der Waals surface area contributed by atoms with Crippen molar-refractivity contribution >= 4 is 23.5 Å². The lowest BCUT2D eigenvalue weighted by atomic mass is 10.1. The third-order valence-corrected chi connectivity index (χ3v) is 2.90. The van der Waals surface area contributed by atoms with Crippen molar-refractivity contribution in [3.63, 3.8) is 0 Å². The molecule has 0 radical (unpaired) electrons. The molecule has 17 heavy (non-hydrogen) atoms. The Bertz CT molecular complexity index is 464. The summed E-state index contributed by atoms with van der Waals surface area (Å²) in [6.07, 6.45) is 0.0654. The predicted molar refractivity (Wildman–Crippen MR) is 60.4 cm³/mol. The molecule has 2 heterocycles. The van der Waals surface area contributed by atoms with Crippen LogP contribution in [0.5, 0.6) is 0 Å². The average molecular weight is 255 g/mol. The maximum absolute atomic E-state index is 11.6. The van der Waals surface area contributed by atoms with Crippen LogP contribution in [0.15, 0.2) is 18.2 Å². The van der Waals surface area contributed by atoms with Gasteiger partial charge in [0.25, 0.3) is 0 Å². The van der Waals surface area contributed by atoms with Crippen molar-refractivity contribution in [3.8, 4) is 0 Å². The summed E-state index contributed by atoms with van der Waals surface area (Å²) in [5.74, 6) is -1.69. The number of halogens is 1. The molecule has 90 valence electrons. The second-order valence-electron chi connectivity index (χ2n) is 3.97. The van der Waals surface area contributed by atoms with Gasteiger partial charge in [-0.05, 0) is 12.1 Å². The van der Waals surface area contributed by atoms with Gasteiger partial charge in [-0.1, -0.05) is 17.7 Å². The fourth-order valence-corrected chi connectivity index (χ4v) is 2.01. The molecule has 2 rings (SSSR count). The van der Waals surface area contributed by atoms with Gasteiger partial charge < -0.3 is 10.0 Å². The molecule has 0 spiro atoms. The molecule has 0 bridgehead atoms. The number of carboxylic acids is 1. The van der Waals surface area contributed by atoms with E-state index >= 15 is 0 Å². The maximum atomic E-state index is 11.6. The number of aromatic nitrogens is 1. The van der Waals surface area contributed by atoms with Gasteiger partial charge >= 0.3 is 5.97 Å². The first-order valence-corrected chi connectivity index (χ1v) is 5.56. The zero-order valence-corrected chi connectivity index (χ0v) is 9.72. The van der Waals surface area contributed by atoms with Crippen molar-refractivity contribution in [2.24, 2.45) is 5.92 Å². The van der Waals surface area contributed by atoms with Gasteiger partial charge in [-0.15, -0.1) is 0 Å². The van der Waals surface area contributed by atoms with Crippen molar-refractivity contribution in [1.29, 1.82) is 0 Å². The van der Waals surface area contributed by atoms with E-state index in [1.807, 2.05) is 0 Å². The second-order valence-corrected chi connectivity index (χ2v) is 4.35. The van der Waals surface area contributed by atoms with Gasteiger partial charge in [0, 0.05) is 13.0 Å². The third-order valence-electron chi connectivity index (χ3n) is 2.69. The third kappa shape index (κ3) is 2.74. The molecular weight excluding hydrogens is 244 g/mol. The van der Waals surface area contributed by atoms with Crippen LogP contribution in [0.4, 0.5) is 0 Å². The maximum Gasteiger partial charge on any atom is 0.308 e. The summed E-state index contributed by atoms with van der Waals surface area (Å²) in [4.78, 5) is 27.9. The zero-order valence-electron chi connectivity index (χ0n) is 8.97. The average Bonchev–Trinajstić information content (AvgIpc) is 2.61. The number of carbonyl (C=O) groups excluding carboxylic acids is 1. The van der Waals surface area contributed by atoms with Crippen molar-refractivity contribution in [3.05, 3.63) is 29.0 Å². The van der Waals surface area contributed by atoms with Crippen LogP contribution in [0.2, 0.25) is 5.15 Å². The minimum Gasteiger partial charge on any atom is -0.481 e. The number of rotatable bonds is 3. The van der Waals surface area contributed by atoms with E-state index in [4.69, 9.17) is 16.7 Å². The SMILES string of the molecule is O=C(O)C1CC(=O)N(Cc2cccc(Cl)n2)C1. The molecule has 1 aliphatic heterocycles. The molecule has 1 atom stereocenters. The lowest BCUT2D eigenvalue weighted by Crippen LogP contribution is -2.26. The van der Waals surface area contributed by atoms with Crippen LogP contribution in [-0.4, -0.2) is 33.4 Å². The topological polar surface area (TPSA) is 70.5 Å². The minimum atomic E-state index is -0.931. The lowest BCUT2D eigenvalue weighted by molar-refractivity contribution is -0.141. The van der Waals surface area contributed by atoms with Crippen LogP contribution >= 0.6 is 11.6 Å². The first kappa shape index (κ1) is 11.9. The highest BCUT2D eigenvalue weighted by Crippen LogP contribution is 2.20. The van der Waals surface area contributed by atoms with E-state index in [0.717, 1.165) is 0 Å². The Morgan fingerprint density at radius 1 is 1.59 bits per heavy atom. The number of pyridine rings is 1. The summed E-state index contributed by atoms with van der Waals surface area (Å²) in [7, 11) is 0. The van der Waals surface area contributed by atoms with Crippen molar-refractivity contribution in [2.75, 3.05) is 6.54 Å². The van der Waals surface area contributed by atoms with Crippen LogP contribution in [0.1, 0.15) is 12.1 Å². The van der Waals surface area contributed by atoms with Crippen LogP contribution in [0.3, 0.4) is 0 Å². The Labute approximate surface area is 103 Å². The van der Waals surface area contributed by atoms with Gasteiger partial charge in [0.05, 0.1) is 18.2 Å². The summed E-state index contributed by atoms with van der Waals surface area (Å²) in [6.45, 7) is 0.547. The van der Waals surface area contributed by atoms with E-state index in [1.54, 1.807) is 18.2 Å². The van der Waals surface area contributed by atoms with E-state index in [9.17, 15) is 9.59 Å². The molecule has 1 fully saturated rings. The molecule has 1 N–H and O–H groups in total. The Balaban J connectivity index is 2.05. The summed E-state index contributed by atoms with van der Waals surface area (Å²) in [5, 5.41) is 9.21. The molecule has 1 amide bonds. The van der Waals surface area contributed by atoms with Gasteiger partial charge in [-0.3, -0.25) is 9.59 Å². The first-order chi connectivity index (χ1) is 8.06. The van der Waals surface area contributed by atoms with Gasteiger partial charge in [0.15, 0.2) is 0 Å². The highest BCUT2D eigenvalue weighted by molar-refractivity contribution is 6.29. The number of nitrogens with zero attached hydrogens (tertiary/aromatic N) is 2. The minimum absolute atomic E-state index is 0.0654. The Morgan fingerprint density at radius 2 is 2.35 bits per heavy atom. The molecule has 0 aromatic carbocycles. The highest BCUT2D eigenvalue weighted by atomic mass is 35.5. The summed E-state index contributed by atoms with van der Waals surface area (Å²) in [6, 6.07) is 5.16. The quantitative estimate of drug-likeness (QED) is 0.822. The van der Waals surface area contributed by atoms with Crippen molar-refractivity contribution < 1.29 is 14.7 Å². The van der Waals surface area contributed by atoms with E-state index in [-0.39, 0.29) is 18.9 Å². The van der Waals surface area contributed by atoms with Gasteiger partial charge in [-0.2, -0.15) is 0 Å². The van der Waals surface area contributed by atoms with Crippen LogP contribution in [-0.2, 0) is 16.1 Å². The number of amides is 1. The van der Waals surface area contributed by atoms with Crippen molar-refractivity contribution in [1.82, 2.24) is 9.88 Å². The summed E-state index contributed by atoms with van der Waals surface area (Å²) in [5.41, 5.74) is 0.664.